The maximum absolute atomic E-state index is 12.0. The topological polar surface area (TPSA) is 83.8 Å². The highest BCUT2D eigenvalue weighted by Gasteiger charge is 2.66. The van der Waals surface area contributed by atoms with Crippen molar-refractivity contribution < 1.29 is 24.5 Å². The molecule has 4 aliphatic rings. The van der Waals surface area contributed by atoms with Gasteiger partial charge in [0.05, 0.1) is 12.0 Å². The number of aliphatic carboxylic acids is 1. The van der Waals surface area contributed by atoms with Gasteiger partial charge < -0.3 is 14.9 Å². The Labute approximate surface area is 154 Å². The summed E-state index contributed by atoms with van der Waals surface area (Å²) in [7, 11) is 0. The van der Waals surface area contributed by atoms with E-state index < -0.39 is 18.0 Å². The Morgan fingerprint density at radius 3 is 2.62 bits per heavy atom. The molecule has 5 heteroatoms. The summed E-state index contributed by atoms with van der Waals surface area (Å²) in [6.07, 6.45) is 5.03. The van der Waals surface area contributed by atoms with Crippen LogP contribution in [0, 0.1) is 34.5 Å². The first kappa shape index (κ1) is 18.0. The highest BCUT2D eigenvalue weighted by atomic mass is 16.5. The highest BCUT2D eigenvalue weighted by molar-refractivity contribution is 5.71. The number of carbonyl (C=O) groups is 2. The average Bonchev–Trinajstić information content (AvgIpc) is 2.73. The van der Waals surface area contributed by atoms with Crippen molar-refractivity contribution in [3.8, 4) is 0 Å². The van der Waals surface area contributed by atoms with E-state index in [4.69, 9.17) is 4.74 Å². The van der Waals surface area contributed by atoms with Crippen molar-refractivity contribution in [2.75, 3.05) is 0 Å². The summed E-state index contributed by atoms with van der Waals surface area (Å²) >= 11 is 0. The van der Waals surface area contributed by atoms with E-state index >= 15 is 0 Å². The minimum absolute atomic E-state index is 0.0834. The fraction of sp³-hybridized carbons (Fsp3) is 0.810. The smallest absolute Gasteiger partial charge is 0.306 e. The second-order valence-electron chi connectivity index (χ2n) is 9.51. The van der Waals surface area contributed by atoms with Gasteiger partial charge in [0, 0.05) is 12.3 Å². The van der Waals surface area contributed by atoms with Crippen LogP contribution in [-0.4, -0.2) is 34.4 Å². The molecule has 4 aliphatic carbocycles. The molecule has 26 heavy (non-hydrogen) atoms. The lowest BCUT2D eigenvalue weighted by Gasteiger charge is -2.62. The number of carboxylic acid groups (broad SMARTS) is 1. The van der Waals surface area contributed by atoms with Gasteiger partial charge in [-0.25, -0.2) is 0 Å². The van der Waals surface area contributed by atoms with Gasteiger partial charge in [0.25, 0.3) is 0 Å². The molecular formula is C21H30O5. The van der Waals surface area contributed by atoms with E-state index in [1.165, 1.54) is 6.92 Å². The van der Waals surface area contributed by atoms with Crippen LogP contribution >= 0.6 is 0 Å². The van der Waals surface area contributed by atoms with E-state index in [1.54, 1.807) is 0 Å². The molecule has 1 spiro atoms. The van der Waals surface area contributed by atoms with E-state index in [1.807, 2.05) is 0 Å². The number of rotatable bonds is 2. The first-order chi connectivity index (χ1) is 12.2. The maximum Gasteiger partial charge on any atom is 0.306 e. The Morgan fingerprint density at radius 1 is 1.23 bits per heavy atom. The van der Waals surface area contributed by atoms with Gasteiger partial charge in [-0.15, -0.1) is 0 Å². The zero-order chi connectivity index (χ0) is 18.9. The normalized spacial score (nSPS) is 49.9. The van der Waals surface area contributed by atoms with E-state index in [0.717, 1.165) is 37.7 Å². The lowest BCUT2D eigenvalue weighted by Crippen LogP contribution is -2.59. The van der Waals surface area contributed by atoms with Crippen molar-refractivity contribution in [2.24, 2.45) is 34.5 Å². The number of aliphatic hydroxyl groups is 1. The minimum atomic E-state index is -0.779. The molecule has 2 N–H and O–H groups in total. The first-order valence-corrected chi connectivity index (χ1v) is 9.96. The Kier molecular flexibility index (Phi) is 4.03. The van der Waals surface area contributed by atoms with Crippen molar-refractivity contribution in [1.82, 2.24) is 0 Å². The summed E-state index contributed by atoms with van der Waals surface area (Å²) in [5, 5.41) is 20.9. The summed E-state index contributed by atoms with van der Waals surface area (Å²) in [5.74, 6) is -0.845. The molecule has 2 bridgehead atoms. The molecule has 0 aromatic carbocycles. The number of fused-ring (bicyclic) bond motifs is 3. The second-order valence-corrected chi connectivity index (χ2v) is 9.51. The standard InChI is InChI=1S/C21H30O5/c1-11-13-4-5-17-20(3)10-14(26-12(2)22)8-15(19(24)25)16(20)6-7-21(17,9-13)18(11)23/h13-18,23H,1,4-10H2,2-3H3,(H,24,25)/t13-,14-,15-,16+,17-,18+,20-,21-/m1/s1. The van der Waals surface area contributed by atoms with Crippen LogP contribution < -0.4 is 0 Å². The summed E-state index contributed by atoms with van der Waals surface area (Å²) in [6.45, 7) is 7.76. The summed E-state index contributed by atoms with van der Waals surface area (Å²) in [6, 6.07) is 0. The number of hydrogen-bond acceptors (Lipinski definition) is 4. The SMILES string of the molecule is C=C1[C@@H]2CC[C@@H]3[C@]4(C)C[C@H](OC(C)=O)C[C@@H](C(=O)O)[C@@H]4CC[C@]3(C2)[C@H]1O. The van der Waals surface area contributed by atoms with Crippen LogP contribution in [0.15, 0.2) is 12.2 Å². The molecule has 4 fully saturated rings. The Balaban J connectivity index is 1.73. The summed E-state index contributed by atoms with van der Waals surface area (Å²) in [4.78, 5) is 23.5. The Morgan fingerprint density at radius 2 is 1.96 bits per heavy atom. The molecule has 0 aromatic rings. The molecule has 0 unspecified atom stereocenters. The van der Waals surface area contributed by atoms with Gasteiger partial charge in [-0.05, 0) is 73.7 Å². The third-order valence-corrected chi connectivity index (χ3v) is 8.43. The molecule has 0 aromatic heterocycles. The largest absolute Gasteiger partial charge is 0.481 e. The number of esters is 1. The van der Waals surface area contributed by atoms with Crippen LogP contribution in [0.4, 0.5) is 0 Å². The predicted molar refractivity (Wildman–Crippen MR) is 95.2 cm³/mol. The van der Waals surface area contributed by atoms with Gasteiger partial charge >= 0.3 is 11.9 Å². The molecule has 0 aliphatic heterocycles. The minimum Gasteiger partial charge on any atom is -0.481 e. The predicted octanol–water partition coefficient (Wildman–Crippen LogP) is 3.16. The Hall–Kier alpha value is -1.36. The summed E-state index contributed by atoms with van der Waals surface area (Å²) < 4.78 is 5.51. The van der Waals surface area contributed by atoms with Crippen molar-refractivity contribution in [3.63, 3.8) is 0 Å². The second kappa shape index (κ2) is 5.82. The number of aliphatic hydroxyl groups excluding tert-OH is 1. The molecule has 0 amide bonds. The molecular weight excluding hydrogens is 332 g/mol. The van der Waals surface area contributed by atoms with Crippen molar-refractivity contribution in [2.45, 2.75) is 71.0 Å². The zero-order valence-corrected chi connectivity index (χ0v) is 15.7. The van der Waals surface area contributed by atoms with Crippen LogP contribution in [0.3, 0.4) is 0 Å². The zero-order valence-electron chi connectivity index (χ0n) is 15.7. The molecule has 0 saturated heterocycles. The lowest BCUT2D eigenvalue weighted by molar-refractivity contribution is -0.192. The van der Waals surface area contributed by atoms with Gasteiger partial charge in [-0.1, -0.05) is 13.5 Å². The van der Waals surface area contributed by atoms with Gasteiger partial charge in [0.2, 0.25) is 0 Å². The van der Waals surface area contributed by atoms with E-state index in [-0.39, 0.29) is 34.7 Å². The van der Waals surface area contributed by atoms with E-state index in [9.17, 15) is 19.8 Å². The van der Waals surface area contributed by atoms with Crippen LogP contribution in [0.25, 0.3) is 0 Å². The number of carboxylic acids is 1. The molecule has 0 radical (unpaired) electrons. The van der Waals surface area contributed by atoms with Crippen molar-refractivity contribution >= 4 is 11.9 Å². The molecule has 4 saturated carbocycles. The van der Waals surface area contributed by atoms with Crippen molar-refractivity contribution in [3.05, 3.63) is 12.2 Å². The molecule has 5 nitrogen and oxygen atoms in total. The molecule has 8 atom stereocenters. The van der Waals surface area contributed by atoms with Gasteiger partial charge in [0.1, 0.15) is 6.10 Å². The van der Waals surface area contributed by atoms with Gasteiger partial charge in [-0.3, -0.25) is 9.59 Å². The van der Waals surface area contributed by atoms with Crippen molar-refractivity contribution in [1.29, 1.82) is 0 Å². The third kappa shape index (κ3) is 2.32. The number of ether oxygens (including phenoxy) is 1. The molecule has 144 valence electrons. The lowest BCUT2D eigenvalue weighted by atomic mass is 9.43. The molecule has 4 rings (SSSR count). The fourth-order valence-electron chi connectivity index (χ4n) is 7.55. The van der Waals surface area contributed by atoms with Crippen LogP contribution in [0.5, 0.6) is 0 Å². The highest BCUT2D eigenvalue weighted by Crippen LogP contribution is 2.70. The number of carbonyl (C=O) groups excluding carboxylic acids is 1. The third-order valence-electron chi connectivity index (χ3n) is 8.43. The molecule has 0 heterocycles. The first-order valence-electron chi connectivity index (χ1n) is 9.96. The Bertz CT molecular complexity index is 657. The number of hydrogen-bond donors (Lipinski definition) is 2. The fourth-order valence-corrected chi connectivity index (χ4v) is 7.55. The van der Waals surface area contributed by atoms with Crippen LogP contribution in [0.1, 0.15) is 58.8 Å². The van der Waals surface area contributed by atoms with E-state index in [2.05, 4.69) is 13.5 Å². The maximum atomic E-state index is 12.0. The summed E-state index contributed by atoms with van der Waals surface area (Å²) in [5.41, 5.74) is 0.597. The van der Waals surface area contributed by atoms with Crippen LogP contribution in [-0.2, 0) is 14.3 Å². The van der Waals surface area contributed by atoms with Crippen LogP contribution in [0.2, 0.25) is 0 Å². The van der Waals surface area contributed by atoms with Gasteiger partial charge in [0.15, 0.2) is 0 Å². The van der Waals surface area contributed by atoms with E-state index in [0.29, 0.717) is 18.8 Å². The monoisotopic (exact) mass is 362 g/mol. The average molecular weight is 362 g/mol. The van der Waals surface area contributed by atoms with Gasteiger partial charge in [-0.2, -0.15) is 0 Å². The quantitative estimate of drug-likeness (QED) is 0.582.